The van der Waals surface area contributed by atoms with Crippen LogP contribution in [0.15, 0.2) is 61.3 Å². The minimum absolute atomic E-state index is 0.0502. The number of hydrogen-bond acceptors (Lipinski definition) is 1. The van der Waals surface area contributed by atoms with Crippen LogP contribution in [-0.4, -0.2) is 10.9 Å². The van der Waals surface area contributed by atoms with Gasteiger partial charge in [0.25, 0.3) is 5.91 Å². The van der Waals surface area contributed by atoms with Crippen LogP contribution >= 0.6 is 11.6 Å². The molecule has 1 aromatic heterocycles. The number of halogens is 1. The number of fused-ring (bicyclic) bond motifs is 2. The van der Waals surface area contributed by atoms with Crippen LogP contribution in [0.1, 0.15) is 27.9 Å². The summed E-state index contributed by atoms with van der Waals surface area (Å²) in [6, 6.07) is 13.5. The van der Waals surface area contributed by atoms with Crippen molar-refractivity contribution in [2.75, 3.05) is 0 Å². The quantitative estimate of drug-likeness (QED) is 0.690. The Hall–Kier alpha value is -2.52. The van der Waals surface area contributed by atoms with Crippen molar-refractivity contribution in [3.63, 3.8) is 0 Å². The molecular weight excluding hydrogens is 308 g/mol. The number of aromatic amines is 1. The van der Waals surface area contributed by atoms with Crippen LogP contribution in [0.5, 0.6) is 0 Å². The first-order chi connectivity index (χ1) is 11.2. The van der Waals surface area contributed by atoms with Crippen LogP contribution < -0.4 is 5.32 Å². The summed E-state index contributed by atoms with van der Waals surface area (Å²) in [7, 11) is 0. The lowest BCUT2D eigenvalue weighted by molar-refractivity contribution is 0.0941. The SMILES string of the molecule is C=CC[C@@]1(c2c[nH]c3cc(Cl)ccc23)NC(=O)c2ccccc21. The zero-order valence-electron chi connectivity index (χ0n) is 12.4. The van der Waals surface area contributed by atoms with Crippen molar-refractivity contribution in [2.45, 2.75) is 12.0 Å². The number of benzene rings is 2. The summed E-state index contributed by atoms with van der Waals surface area (Å²) >= 11 is 6.08. The maximum atomic E-state index is 12.5. The van der Waals surface area contributed by atoms with E-state index in [1.165, 1.54) is 0 Å². The normalized spacial score (nSPS) is 19.6. The minimum atomic E-state index is -0.596. The van der Waals surface area contributed by atoms with Gasteiger partial charge in [-0.2, -0.15) is 0 Å². The third kappa shape index (κ3) is 1.93. The third-order valence-electron chi connectivity index (χ3n) is 4.51. The number of carbonyl (C=O) groups excluding carboxylic acids is 1. The zero-order valence-corrected chi connectivity index (χ0v) is 13.2. The van der Waals surface area contributed by atoms with Gasteiger partial charge in [0.15, 0.2) is 0 Å². The number of aromatic nitrogens is 1. The second-order valence-corrected chi connectivity index (χ2v) is 6.23. The highest BCUT2D eigenvalue weighted by atomic mass is 35.5. The molecule has 3 nitrogen and oxygen atoms in total. The van der Waals surface area contributed by atoms with Crippen molar-refractivity contribution in [1.82, 2.24) is 10.3 Å². The van der Waals surface area contributed by atoms with E-state index in [2.05, 4.69) is 16.9 Å². The van der Waals surface area contributed by atoms with E-state index in [-0.39, 0.29) is 5.91 Å². The van der Waals surface area contributed by atoms with Gasteiger partial charge in [0.2, 0.25) is 0 Å². The average molecular weight is 323 g/mol. The van der Waals surface area contributed by atoms with E-state index >= 15 is 0 Å². The van der Waals surface area contributed by atoms with Crippen LogP contribution in [0.4, 0.5) is 0 Å². The van der Waals surface area contributed by atoms with Crippen molar-refractivity contribution >= 4 is 28.4 Å². The van der Waals surface area contributed by atoms with Gasteiger partial charge in [-0.05, 0) is 30.2 Å². The Morgan fingerprint density at radius 3 is 2.83 bits per heavy atom. The molecule has 23 heavy (non-hydrogen) atoms. The van der Waals surface area contributed by atoms with E-state index in [0.717, 1.165) is 27.6 Å². The Morgan fingerprint density at radius 2 is 2.00 bits per heavy atom. The molecule has 0 fully saturated rings. The molecule has 0 saturated carbocycles. The van der Waals surface area contributed by atoms with Crippen molar-refractivity contribution in [1.29, 1.82) is 0 Å². The lowest BCUT2D eigenvalue weighted by Crippen LogP contribution is -2.39. The number of hydrogen-bond donors (Lipinski definition) is 2. The van der Waals surface area contributed by atoms with Gasteiger partial charge in [0.05, 0.1) is 5.54 Å². The largest absolute Gasteiger partial charge is 0.361 e. The molecule has 0 saturated heterocycles. The summed E-state index contributed by atoms with van der Waals surface area (Å²) in [6.07, 6.45) is 4.41. The maximum Gasteiger partial charge on any atom is 0.252 e. The van der Waals surface area contributed by atoms with E-state index < -0.39 is 5.54 Å². The zero-order chi connectivity index (χ0) is 16.0. The van der Waals surface area contributed by atoms with Gasteiger partial charge in [-0.3, -0.25) is 4.79 Å². The summed E-state index contributed by atoms with van der Waals surface area (Å²) in [6.45, 7) is 3.89. The molecule has 0 aliphatic carbocycles. The molecule has 0 bridgehead atoms. The molecule has 2 N–H and O–H groups in total. The molecule has 0 unspecified atom stereocenters. The number of carbonyl (C=O) groups is 1. The minimum Gasteiger partial charge on any atom is -0.361 e. The van der Waals surface area contributed by atoms with E-state index in [9.17, 15) is 4.79 Å². The van der Waals surface area contributed by atoms with E-state index in [0.29, 0.717) is 11.4 Å². The monoisotopic (exact) mass is 322 g/mol. The van der Waals surface area contributed by atoms with Crippen LogP contribution in [0, 0.1) is 0 Å². The fourth-order valence-electron chi connectivity index (χ4n) is 3.53. The molecule has 0 radical (unpaired) electrons. The van der Waals surface area contributed by atoms with Gasteiger partial charge in [-0.1, -0.05) is 41.9 Å². The van der Waals surface area contributed by atoms with Crippen molar-refractivity contribution in [2.24, 2.45) is 0 Å². The van der Waals surface area contributed by atoms with Gasteiger partial charge in [0.1, 0.15) is 0 Å². The highest BCUT2D eigenvalue weighted by Crippen LogP contribution is 2.43. The summed E-state index contributed by atoms with van der Waals surface area (Å²) in [4.78, 5) is 15.7. The van der Waals surface area contributed by atoms with Crippen LogP contribution in [0.2, 0.25) is 5.02 Å². The number of H-pyrrole nitrogens is 1. The lowest BCUT2D eigenvalue weighted by Gasteiger charge is -2.29. The molecule has 1 aliphatic rings. The second-order valence-electron chi connectivity index (χ2n) is 5.79. The van der Waals surface area contributed by atoms with Crippen molar-refractivity contribution in [3.8, 4) is 0 Å². The van der Waals surface area contributed by atoms with Crippen molar-refractivity contribution in [3.05, 3.63) is 83.0 Å². The Kier molecular flexibility index (Phi) is 3.06. The Balaban J connectivity index is 2.02. The van der Waals surface area contributed by atoms with E-state index in [4.69, 9.17) is 11.6 Å². The first kappa shape index (κ1) is 14.1. The Morgan fingerprint density at radius 1 is 1.17 bits per heavy atom. The molecule has 0 spiro atoms. The number of nitrogens with one attached hydrogen (secondary N) is 2. The molecule has 3 aromatic rings. The van der Waals surface area contributed by atoms with Crippen molar-refractivity contribution < 1.29 is 4.79 Å². The standard InChI is InChI=1S/C19H15ClN2O/c1-2-9-19(15-6-4-3-5-14(15)18(23)22-19)16-11-21-17-10-12(20)7-8-13(16)17/h2-8,10-11,21H,1,9H2,(H,22,23)/t19-/m1/s1. The molecule has 2 aromatic carbocycles. The fourth-order valence-corrected chi connectivity index (χ4v) is 3.71. The summed E-state index contributed by atoms with van der Waals surface area (Å²) in [5, 5.41) is 4.91. The van der Waals surface area contributed by atoms with Gasteiger partial charge in [-0.15, -0.1) is 6.58 Å². The number of rotatable bonds is 3. The predicted octanol–water partition coefficient (Wildman–Crippen LogP) is 4.38. The highest BCUT2D eigenvalue weighted by molar-refractivity contribution is 6.31. The summed E-state index contributed by atoms with van der Waals surface area (Å²) in [5.74, 6) is -0.0502. The van der Waals surface area contributed by atoms with Crippen LogP contribution in [-0.2, 0) is 5.54 Å². The third-order valence-corrected chi connectivity index (χ3v) is 4.75. The highest BCUT2D eigenvalue weighted by Gasteiger charge is 2.44. The molecule has 2 heterocycles. The van der Waals surface area contributed by atoms with Gasteiger partial charge >= 0.3 is 0 Å². The van der Waals surface area contributed by atoms with Gasteiger partial charge in [0, 0.05) is 33.2 Å². The first-order valence-corrected chi connectivity index (χ1v) is 7.83. The topological polar surface area (TPSA) is 44.9 Å². The molecule has 1 aliphatic heterocycles. The molecule has 1 atom stereocenters. The van der Waals surface area contributed by atoms with Crippen LogP contribution in [0.25, 0.3) is 10.9 Å². The Bertz CT molecular complexity index is 943. The fraction of sp³-hybridized carbons (Fsp3) is 0.105. The molecule has 4 heteroatoms. The molecule has 114 valence electrons. The smallest absolute Gasteiger partial charge is 0.252 e. The first-order valence-electron chi connectivity index (χ1n) is 7.46. The summed E-state index contributed by atoms with van der Waals surface area (Å²) in [5.41, 5.74) is 3.09. The summed E-state index contributed by atoms with van der Waals surface area (Å²) < 4.78 is 0. The second kappa shape index (κ2) is 5.00. The average Bonchev–Trinajstić information content (AvgIpc) is 3.08. The van der Waals surface area contributed by atoms with Gasteiger partial charge in [-0.25, -0.2) is 0 Å². The van der Waals surface area contributed by atoms with E-state index in [1.807, 2.05) is 54.7 Å². The predicted molar refractivity (Wildman–Crippen MR) is 92.8 cm³/mol. The van der Waals surface area contributed by atoms with E-state index in [1.54, 1.807) is 0 Å². The molecule has 1 amide bonds. The van der Waals surface area contributed by atoms with Crippen LogP contribution in [0.3, 0.4) is 0 Å². The Labute approximate surface area is 139 Å². The molecule has 4 rings (SSSR count). The molecular formula is C19H15ClN2O. The lowest BCUT2D eigenvalue weighted by atomic mass is 9.81. The van der Waals surface area contributed by atoms with Gasteiger partial charge < -0.3 is 10.3 Å². The maximum absolute atomic E-state index is 12.5. The number of amides is 1.